The third kappa shape index (κ3) is 19.6. The Morgan fingerprint density at radius 3 is 1.18 bits per heavy atom. The summed E-state index contributed by atoms with van der Waals surface area (Å²) in [4.78, 5) is 81.6. The zero-order valence-electron chi connectivity index (χ0n) is 61.7. The van der Waals surface area contributed by atoms with Crippen molar-refractivity contribution in [1.82, 2.24) is 35.9 Å². The van der Waals surface area contributed by atoms with Crippen molar-refractivity contribution >= 4 is 35.6 Å². The van der Waals surface area contributed by atoms with Crippen LogP contribution in [0.15, 0.2) is 151 Å². The van der Waals surface area contributed by atoms with Gasteiger partial charge < -0.3 is 152 Å². The van der Waals surface area contributed by atoms with E-state index >= 15 is 0 Å². The van der Waals surface area contributed by atoms with Crippen LogP contribution in [-0.2, 0) is 38.2 Å². The summed E-state index contributed by atoms with van der Waals surface area (Å²) in [5, 5.41) is 152. The second-order valence-corrected chi connectivity index (χ2v) is 28.5. The minimum atomic E-state index is -1.77. The SMILES string of the molecule is NC(N)=NCCCC(NC(=O)CCCCOc1ccccc1C1c2ccc([nH]2)C(c2ccc(O[C@@H]3O[C@@H](CO)[C@@H](O)[C@H](O)[C@@H]3O)cc2)c2ccc([nH]2)C(c2ccc(O[C@@H]3O[C@@H](CO)[C@@H](O)[C@H](O)[C@@H]3O)cc2)c2ccc([nH]2)C(c2ccc(O[C@@H]3O[C@@H](CO)[C@@H](O)[C@H](O)[C@@H]3O)cc2)c2ccc1[nH]2)C(=O)NCC(=O)NC(CC(=O)O)C(=O)O. The molecule has 4 unspecified atom stereocenters. The number of aromatic nitrogens is 4. The van der Waals surface area contributed by atoms with E-state index in [9.17, 15) is 90.4 Å². The number of nitrogens with zero attached hydrogens (tertiary/aromatic N) is 1. The van der Waals surface area contributed by atoms with Crippen LogP contribution in [0.5, 0.6) is 23.0 Å². The molecule has 36 nitrogen and oxygen atoms in total. The number of amides is 3. The molecule has 4 aromatic carbocycles. The molecule has 0 radical (unpaired) electrons. The molecule has 3 amide bonds. The van der Waals surface area contributed by atoms with Gasteiger partial charge in [0.25, 0.3) is 0 Å². The second kappa shape index (κ2) is 37.7. The predicted octanol–water partition coefficient (Wildman–Crippen LogP) is -1.18. The number of carboxylic acids is 2. The summed E-state index contributed by atoms with van der Waals surface area (Å²) in [7, 11) is 0. The highest BCUT2D eigenvalue weighted by molar-refractivity contribution is 5.92. The lowest BCUT2D eigenvalue weighted by Crippen LogP contribution is -2.60. The van der Waals surface area contributed by atoms with Crippen molar-refractivity contribution in [3.05, 3.63) is 213 Å². The monoisotopic (exact) mass is 1600 g/mol. The normalized spacial score (nSPS) is 27.1. The van der Waals surface area contributed by atoms with Crippen LogP contribution in [0, 0.1) is 0 Å². The maximum atomic E-state index is 13.6. The maximum Gasteiger partial charge on any atom is 0.326 e. The van der Waals surface area contributed by atoms with Gasteiger partial charge in [-0.3, -0.25) is 24.2 Å². The van der Waals surface area contributed by atoms with Gasteiger partial charge in [0, 0.05) is 64.1 Å². The van der Waals surface area contributed by atoms with Crippen molar-refractivity contribution in [2.45, 2.75) is 166 Å². The van der Waals surface area contributed by atoms with Crippen molar-refractivity contribution in [1.29, 1.82) is 0 Å². The Hall–Kier alpha value is -10.8. The number of nitrogens with one attached hydrogen (secondary N) is 7. The molecule has 616 valence electrons. The Morgan fingerprint density at radius 2 is 0.817 bits per heavy atom. The average molecular weight is 1600 g/mol. The number of fused-ring (bicyclic) bond motifs is 8. The van der Waals surface area contributed by atoms with Crippen LogP contribution in [0.25, 0.3) is 0 Å². The fraction of sp³-hybridized carbons (Fsp3) is 0.418. The number of aliphatic hydroxyl groups is 12. The highest BCUT2D eigenvalue weighted by atomic mass is 16.7. The number of aliphatic imine (C=N–C) groups is 1. The van der Waals surface area contributed by atoms with Gasteiger partial charge in [-0.15, -0.1) is 0 Å². The first-order chi connectivity index (χ1) is 55.3. The zero-order valence-corrected chi connectivity index (χ0v) is 61.7. The molecule has 4 aromatic heterocycles. The molecular formula is C79H94N10O26. The molecule has 3 fully saturated rings. The molecule has 115 heavy (non-hydrogen) atoms. The number of ether oxygens (including phenoxy) is 7. The number of nitrogens with two attached hydrogens (primary N) is 2. The van der Waals surface area contributed by atoms with Crippen molar-refractivity contribution in [2.75, 3.05) is 39.5 Å². The number of aliphatic hydroxyl groups excluding tert-OH is 12. The molecule has 25 N–H and O–H groups in total. The summed E-state index contributed by atoms with van der Waals surface area (Å²) in [5.74, 6) is -7.01. The number of para-hydroxylation sites is 1. The van der Waals surface area contributed by atoms with Gasteiger partial charge in [0.2, 0.25) is 36.6 Å². The van der Waals surface area contributed by atoms with E-state index in [0.29, 0.717) is 63.3 Å². The Labute approximate surface area is 656 Å². The molecule has 3 saturated heterocycles. The third-order valence-electron chi connectivity index (χ3n) is 20.7. The lowest BCUT2D eigenvalue weighted by Gasteiger charge is -2.39. The van der Waals surface area contributed by atoms with Crippen LogP contribution in [0.2, 0.25) is 0 Å². The molecule has 12 rings (SSSR count). The van der Waals surface area contributed by atoms with E-state index in [4.69, 9.17) is 49.7 Å². The highest BCUT2D eigenvalue weighted by Crippen LogP contribution is 2.44. The first-order valence-electron chi connectivity index (χ1n) is 37.3. The number of carbonyl (C=O) groups excluding carboxylic acids is 3. The number of guanidine groups is 1. The van der Waals surface area contributed by atoms with Gasteiger partial charge >= 0.3 is 11.9 Å². The van der Waals surface area contributed by atoms with Crippen LogP contribution in [0.1, 0.15) is 130 Å². The molecule has 4 aliphatic heterocycles. The minimum absolute atomic E-state index is 0.0243. The second-order valence-electron chi connectivity index (χ2n) is 28.5. The van der Waals surface area contributed by atoms with Gasteiger partial charge in [-0.2, -0.15) is 0 Å². The van der Waals surface area contributed by atoms with E-state index in [2.05, 4.69) is 40.9 Å². The number of hydrogen-bond acceptors (Lipinski definition) is 25. The lowest BCUT2D eigenvalue weighted by atomic mass is 9.92. The Bertz CT molecular complexity index is 4440. The summed E-state index contributed by atoms with van der Waals surface area (Å²) in [5.41, 5.74) is 19.3. The summed E-state index contributed by atoms with van der Waals surface area (Å²) in [6.45, 7) is -2.55. The molecule has 36 heteroatoms. The predicted molar refractivity (Wildman–Crippen MR) is 402 cm³/mol. The van der Waals surface area contributed by atoms with Crippen LogP contribution >= 0.6 is 0 Å². The summed E-state index contributed by atoms with van der Waals surface area (Å²) >= 11 is 0. The number of carbonyl (C=O) groups is 5. The van der Waals surface area contributed by atoms with Gasteiger partial charge in [-0.25, -0.2) is 4.79 Å². The van der Waals surface area contributed by atoms with Crippen molar-refractivity contribution in [2.24, 2.45) is 16.5 Å². The number of aromatic amines is 4. The Balaban J connectivity index is 0.882. The molecule has 4 aliphatic rings. The molecular weight excluding hydrogens is 1500 g/mol. The molecule has 0 aliphatic carbocycles. The maximum absolute atomic E-state index is 13.6. The van der Waals surface area contributed by atoms with Crippen LogP contribution < -0.4 is 46.4 Å². The van der Waals surface area contributed by atoms with E-state index < -0.39 is 190 Å². The number of unbranched alkanes of at least 4 members (excludes halogenated alkanes) is 1. The van der Waals surface area contributed by atoms with Gasteiger partial charge in [-0.1, -0.05) is 54.6 Å². The van der Waals surface area contributed by atoms with Crippen molar-refractivity contribution in [3.8, 4) is 23.0 Å². The smallest absolute Gasteiger partial charge is 0.326 e. The highest BCUT2D eigenvalue weighted by Gasteiger charge is 2.48. The van der Waals surface area contributed by atoms with Gasteiger partial charge in [0.15, 0.2) is 5.96 Å². The summed E-state index contributed by atoms with van der Waals surface area (Å²) < 4.78 is 41.9. The molecule has 8 bridgehead atoms. The molecule has 0 saturated carbocycles. The Morgan fingerprint density at radius 1 is 0.443 bits per heavy atom. The van der Waals surface area contributed by atoms with Crippen LogP contribution in [0.3, 0.4) is 0 Å². The first kappa shape index (κ1) is 83.6. The number of rotatable bonds is 31. The third-order valence-corrected chi connectivity index (χ3v) is 20.7. The van der Waals surface area contributed by atoms with E-state index in [1.807, 2.05) is 109 Å². The Kier molecular flexibility index (Phi) is 27.4. The molecule has 0 spiro atoms. The number of carboxylic acid groups (broad SMARTS) is 2. The number of benzene rings is 4. The fourth-order valence-electron chi connectivity index (χ4n) is 14.6. The van der Waals surface area contributed by atoms with E-state index in [0.717, 1.165) is 16.7 Å². The largest absolute Gasteiger partial charge is 0.493 e. The fourth-order valence-corrected chi connectivity index (χ4v) is 14.6. The summed E-state index contributed by atoms with van der Waals surface area (Å²) in [6.07, 6.45) is -23.3. The quantitative estimate of drug-likeness (QED) is 0.0138. The molecule has 8 aromatic rings. The van der Waals surface area contributed by atoms with Crippen LogP contribution in [-0.4, -0.2) is 271 Å². The van der Waals surface area contributed by atoms with Gasteiger partial charge in [0.05, 0.1) is 63.1 Å². The van der Waals surface area contributed by atoms with Gasteiger partial charge in [0.1, 0.15) is 108 Å². The lowest BCUT2D eigenvalue weighted by molar-refractivity contribution is -0.277. The number of aliphatic carboxylic acids is 2. The number of H-pyrrole nitrogens is 4. The molecule has 8 heterocycles. The first-order valence-corrected chi connectivity index (χ1v) is 37.3. The summed E-state index contributed by atoms with van der Waals surface area (Å²) in [6, 6.07) is 40.9. The average Bonchev–Trinajstić information content (AvgIpc) is 1.62. The van der Waals surface area contributed by atoms with Crippen LogP contribution in [0.4, 0.5) is 0 Å². The van der Waals surface area contributed by atoms with E-state index in [-0.39, 0.29) is 62.0 Å². The van der Waals surface area contributed by atoms with Crippen molar-refractivity contribution < 1.29 is 129 Å². The standard InChI is InChI=1S/C79H94N10O26/c80-79(81)82-30-5-7-52(74(106)83-33-59(94)89-53(75(107)108)32-60(95)96)88-58(93)9-3-4-31-109-54-8-2-1-6-43(54)64-50-28-26-48(86-50)62(38-12-18-41(19-13-38)111-77-72(104)69(101)66(98)56(35-91)114-77)46-24-22-44(84-46)61(37-10-16-40(17-11-37)110-76-71(103)68(100)65(97)55(34-90)113-76)45-23-25-47(85-45)63(49-27-29-51(64)87-49)39-14-20-42(21-15-39)112-78-73(105)70(102)67(99)57(36-92)115-78/h1-2,6,8,10-29,52-53,55-57,61-73,76-78,84-87,90-92,97-105H,3-5,7,9,30-36H2,(H,83,106)(H,88,93)(H,89,94)(H,95,96)(H,107,108)(H4,80,81,82)/t52?,53?,55-,56-,57-,61?,62?,63?,64?,65+,66+,67+,68-,69-,70-,71-,72-,73-,76+,77+,78+/m0/s1. The van der Waals surface area contributed by atoms with E-state index in [1.165, 1.54) is 0 Å². The molecule has 19 atom stereocenters. The minimum Gasteiger partial charge on any atom is -0.493 e. The number of hydrogen-bond donors (Lipinski definition) is 23. The zero-order chi connectivity index (χ0) is 81.9. The van der Waals surface area contributed by atoms with Gasteiger partial charge in [-0.05, 0) is 133 Å². The van der Waals surface area contributed by atoms with E-state index in [1.54, 1.807) is 36.4 Å². The topological polar surface area (TPSA) is 597 Å². The van der Waals surface area contributed by atoms with Crippen molar-refractivity contribution in [3.63, 3.8) is 0 Å².